The standard InChI is InChI=1S/C18H16N2O6/c1-24-16-6-10(7-17(25-2)18(16)26-3)14-9-15(21)12-8-11(20(22)23)4-5-13(12)19-14/h4-8H,9H2,1-3H3. The minimum absolute atomic E-state index is 0.0206. The Labute approximate surface area is 149 Å². The van der Waals surface area contributed by atoms with Gasteiger partial charge >= 0.3 is 0 Å². The van der Waals surface area contributed by atoms with E-state index in [1.807, 2.05) is 0 Å². The lowest BCUT2D eigenvalue weighted by atomic mass is 9.95. The Morgan fingerprint density at radius 3 is 2.23 bits per heavy atom. The number of ketones is 1. The highest BCUT2D eigenvalue weighted by atomic mass is 16.6. The van der Waals surface area contributed by atoms with Gasteiger partial charge in [0.1, 0.15) is 0 Å². The fourth-order valence-electron chi connectivity index (χ4n) is 2.80. The lowest BCUT2D eigenvalue weighted by Gasteiger charge is -2.18. The first-order valence-corrected chi connectivity index (χ1v) is 7.68. The fraction of sp³-hybridized carbons (Fsp3) is 0.222. The van der Waals surface area contributed by atoms with Crippen molar-refractivity contribution in [1.82, 2.24) is 0 Å². The maximum absolute atomic E-state index is 12.5. The molecular weight excluding hydrogens is 340 g/mol. The highest BCUT2D eigenvalue weighted by Gasteiger charge is 2.25. The fourth-order valence-corrected chi connectivity index (χ4v) is 2.80. The SMILES string of the molecule is COc1cc(C2=Nc3ccc([N+](=O)[O-])cc3C(=O)C2)cc(OC)c1OC. The third kappa shape index (κ3) is 2.97. The Hall–Kier alpha value is -3.42. The van der Waals surface area contributed by atoms with Crippen LogP contribution < -0.4 is 14.2 Å². The topological polar surface area (TPSA) is 100 Å². The molecule has 0 fully saturated rings. The summed E-state index contributed by atoms with van der Waals surface area (Å²) in [6.07, 6.45) is 0.0206. The number of non-ortho nitro benzene ring substituents is 1. The average molecular weight is 356 g/mol. The lowest BCUT2D eigenvalue weighted by molar-refractivity contribution is -0.384. The molecule has 0 spiro atoms. The van der Waals surface area contributed by atoms with Crippen LogP contribution >= 0.6 is 0 Å². The van der Waals surface area contributed by atoms with E-state index in [0.29, 0.717) is 34.2 Å². The largest absolute Gasteiger partial charge is 0.493 e. The van der Waals surface area contributed by atoms with Crippen molar-refractivity contribution in [1.29, 1.82) is 0 Å². The molecule has 0 unspecified atom stereocenters. The molecule has 0 N–H and O–H groups in total. The number of aliphatic imine (C=N–C) groups is 1. The molecule has 0 saturated heterocycles. The van der Waals surface area contributed by atoms with E-state index in [9.17, 15) is 14.9 Å². The summed E-state index contributed by atoms with van der Waals surface area (Å²) in [6, 6.07) is 7.48. The number of ether oxygens (including phenoxy) is 3. The van der Waals surface area contributed by atoms with Gasteiger partial charge in [0.2, 0.25) is 5.75 Å². The molecule has 2 aromatic rings. The van der Waals surface area contributed by atoms with E-state index in [1.54, 1.807) is 12.1 Å². The van der Waals surface area contributed by atoms with Gasteiger partial charge in [0.15, 0.2) is 17.3 Å². The van der Waals surface area contributed by atoms with E-state index < -0.39 is 4.92 Å². The number of nitro groups is 1. The summed E-state index contributed by atoms with van der Waals surface area (Å²) in [7, 11) is 4.51. The summed E-state index contributed by atoms with van der Waals surface area (Å²) in [5.74, 6) is 1.11. The zero-order chi connectivity index (χ0) is 18.8. The number of methoxy groups -OCH3 is 3. The normalized spacial score (nSPS) is 12.9. The van der Waals surface area contributed by atoms with Gasteiger partial charge < -0.3 is 14.2 Å². The maximum atomic E-state index is 12.5. The van der Waals surface area contributed by atoms with Crippen LogP contribution in [0.15, 0.2) is 35.3 Å². The minimum atomic E-state index is -0.536. The number of fused-ring (bicyclic) bond motifs is 1. The zero-order valence-corrected chi connectivity index (χ0v) is 14.4. The molecular formula is C18H16N2O6. The van der Waals surface area contributed by atoms with Crippen LogP contribution in [0, 0.1) is 10.1 Å². The van der Waals surface area contributed by atoms with Crippen molar-refractivity contribution in [3.8, 4) is 17.2 Å². The second kappa shape index (κ2) is 6.83. The number of carbonyl (C=O) groups is 1. The highest BCUT2D eigenvalue weighted by Crippen LogP contribution is 2.40. The first-order chi connectivity index (χ1) is 12.5. The van der Waals surface area contributed by atoms with Crippen molar-refractivity contribution in [3.63, 3.8) is 0 Å². The molecule has 8 nitrogen and oxygen atoms in total. The average Bonchev–Trinajstić information content (AvgIpc) is 2.66. The van der Waals surface area contributed by atoms with Crippen molar-refractivity contribution < 1.29 is 23.9 Å². The number of nitro benzene ring substituents is 1. The van der Waals surface area contributed by atoms with E-state index in [0.717, 1.165) is 0 Å². The van der Waals surface area contributed by atoms with Crippen molar-refractivity contribution in [2.75, 3.05) is 21.3 Å². The van der Waals surface area contributed by atoms with Gasteiger partial charge in [0.25, 0.3) is 5.69 Å². The molecule has 8 heteroatoms. The number of nitrogens with zero attached hydrogens (tertiary/aromatic N) is 2. The Morgan fingerprint density at radius 2 is 1.69 bits per heavy atom. The third-order valence-corrected chi connectivity index (χ3v) is 4.07. The molecule has 0 atom stereocenters. The molecule has 1 aliphatic rings. The van der Waals surface area contributed by atoms with E-state index in [4.69, 9.17) is 14.2 Å². The molecule has 0 aliphatic carbocycles. The summed E-state index contributed by atoms with van der Waals surface area (Å²) in [5, 5.41) is 10.9. The Bertz CT molecular complexity index is 910. The first kappa shape index (κ1) is 17.4. The van der Waals surface area contributed by atoms with Gasteiger partial charge in [-0.1, -0.05) is 0 Å². The van der Waals surface area contributed by atoms with Crippen LogP contribution in [0.3, 0.4) is 0 Å². The minimum Gasteiger partial charge on any atom is -0.493 e. The summed E-state index contributed by atoms with van der Waals surface area (Å²) in [5.41, 5.74) is 1.68. The molecule has 0 saturated carbocycles. The van der Waals surface area contributed by atoms with Crippen LogP contribution in [0.4, 0.5) is 11.4 Å². The number of hydrogen-bond acceptors (Lipinski definition) is 7. The summed E-state index contributed by atoms with van der Waals surface area (Å²) in [4.78, 5) is 27.3. The molecule has 0 amide bonds. The molecule has 26 heavy (non-hydrogen) atoms. The second-order valence-corrected chi connectivity index (χ2v) is 5.53. The van der Waals surface area contributed by atoms with Crippen LogP contribution in [0.1, 0.15) is 22.3 Å². The molecule has 0 radical (unpaired) electrons. The van der Waals surface area contributed by atoms with Gasteiger partial charge in [-0.25, -0.2) is 0 Å². The van der Waals surface area contributed by atoms with Crippen LogP contribution in [0.2, 0.25) is 0 Å². The lowest BCUT2D eigenvalue weighted by Crippen LogP contribution is -2.15. The molecule has 0 aromatic heterocycles. The number of Topliss-reactive ketones (excluding diaryl/α,β-unsaturated/α-hetero) is 1. The van der Waals surface area contributed by atoms with Gasteiger partial charge in [-0.3, -0.25) is 19.9 Å². The van der Waals surface area contributed by atoms with Crippen molar-refractivity contribution >= 4 is 22.9 Å². The van der Waals surface area contributed by atoms with Crippen molar-refractivity contribution in [3.05, 3.63) is 51.6 Å². The Balaban J connectivity index is 2.11. The summed E-state index contributed by atoms with van der Waals surface area (Å²) in [6.45, 7) is 0. The molecule has 134 valence electrons. The Morgan fingerprint density at radius 1 is 1.04 bits per heavy atom. The van der Waals surface area contributed by atoms with Crippen molar-refractivity contribution in [2.45, 2.75) is 6.42 Å². The number of rotatable bonds is 5. The smallest absolute Gasteiger partial charge is 0.270 e. The predicted octanol–water partition coefficient (Wildman–Crippen LogP) is 3.33. The monoisotopic (exact) mass is 356 g/mol. The van der Waals surface area contributed by atoms with Gasteiger partial charge in [0, 0.05) is 17.7 Å². The summed E-state index contributed by atoms with van der Waals surface area (Å²) >= 11 is 0. The number of benzene rings is 2. The zero-order valence-electron chi connectivity index (χ0n) is 14.4. The quantitative estimate of drug-likeness (QED) is 0.602. The van der Waals surface area contributed by atoms with Gasteiger partial charge in [-0.15, -0.1) is 0 Å². The number of carbonyl (C=O) groups excluding carboxylic acids is 1. The van der Waals surface area contributed by atoms with Gasteiger partial charge in [0.05, 0.1) is 49.6 Å². The Kier molecular flexibility index (Phi) is 4.57. The summed E-state index contributed by atoms with van der Waals surface area (Å²) < 4.78 is 16.0. The third-order valence-electron chi connectivity index (χ3n) is 4.07. The van der Waals surface area contributed by atoms with Crippen LogP contribution in [-0.2, 0) is 0 Å². The van der Waals surface area contributed by atoms with E-state index in [-0.39, 0.29) is 23.5 Å². The number of hydrogen-bond donors (Lipinski definition) is 0. The first-order valence-electron chi connectivity index (χ1n) is 7.68. The molecule has 3 rings (SSSR count). The highest BCUT2D eigenvalue weighted by molar-refractivity contribution is 6.21. The van der Waals surface area contributed by atoms with Gasteiger partial charge in [-0.2, -0.15) is 0 Å². The molecule has 1 heterocycles. The van der Waals surface area contributed by atoms with Crippen LogP contribution in [0.25, 0.3) is 0 Å². The second-order valence-electron chi connectivity index (χ2n) is 5.53. The maximum Gasteiger partial charge on any atom is 0.270 e. The molecule has 1 aliphatic heterocycles. The molecule has 0 bridgehead atoms. The van der Waals surface area contributed by atoms with Crippen LogP contribution in [0.5, 0.6) is 17.2 Å². The van der Waals surface area contributed by atoms with Gasteiger partial charge in [-0.05, 0) is 18.2 Å². The molecule has 2 aromatic carbocycles. The van der Waals surface area contributed by atoms with E-state index in [1.165, 1.54) is 39.5 Å². The van der Waals surface area contributed by atoms with Crippen molar-refractivity contribution in [2.24, 2.45) is 4.99 Å². The van der Waals surface area contributed by atoms with E-state index in [2.05, 4.69) is 4.99 Å². The van der Waals surface area contributed by atoms with E-state index >= 15 is 0 Å². The van der Waals surface area contributed by atoms with Crippen LogP contribution in [-0.4, -0.2) is 37.7 Å². The predicted molar refractivity (Wildman–Crippen MR) is 94.3 cm³/mol.